The van der Waals surface area contributed by atoms with Crippen LogP contribution < -0.4 is 0 Å². The molecule has 0 radical (unpaired) electrons. The molecule has 1 unspecified atom stereocenters. The Morgan fingerprint density at radius 1 is 1.57 bits per heavy atom. The topological polar surface area (TPSA) is 69.8 Å². The van der Waals surface area contributed by atoms with Gasteiger partial charge in [0.05, 0.1) is 12.7 Å². The fraction of sp³-hybridized carbons (Fsp3) is 0.667. The molecule has 0 saturated heterocycles. The van der Waals surface area contributed by atoms with Gasteiger partial charge >= 0.3 is 0 Å². The summed E-state index contributed by atoms with van der Waals surface area (Å²) in [5.74, 6) is 0.190. The molecule has 0 aliphatic heterocycles. The van der Waals surface area contributed by atoms with E-state index < -0.39 is 5.92 Å². The Morgan fingerprint density at radius 3 is 2.57 bits per heavy atom. The van der Waals surface area contributed by atoms with Gasteiger partial charge in [-0.05, 0) is 11.5 Å². The molecule has 5 heteroatoms. The van der Waals surface area contributed by atoms with E-state index in [4.69, 9.17) is 10.4 Å². The van der Waals surface area contributed by atoms with Crippen molar-refractivity contribution in [2.75, 3.05) is 6.61 Å². The largest absolute Gasteiger partial charge is 0.395 e. The summed E-state index contributed by atoms with van der Waals surface area (Å²) >= 11 is 1.19. The standard InChI is InChI=1S/C9H13N3OS/c1-9(2,3)8-11-7(14-12-8)6(4-10)5-13/h6,13H,5H2,1-3H3. The lowest BCUT2D eigenvalue weighted by molar-refractivity contribution is 0.285. The van der Waals surface area contributed by atoms with Crippen LogP contribution in [0.2, 0.25) is 0 Å². The van der Waals surface area contributed by atoms with Crippen LogP contribution in [0.5, 0.6) is 0 Å². The molecule has 1 aromatic heterocycles. The van der Waals surface area contributed by atoms with Crippen LogP contribution in [0.15, 0.2) is 0 Å². The molecular weight excluding hydrogens is 198 g/mol. The second-order valence-corrected chi connectivity index (χ2v) is 4.85. The lowest BCUT2D eigenvalue weighted by Crippen LogP contribution is -2.13. The average molecular weight is 211 g/mol. The molecule has 1 atom stereocenters. The fourth-order valence-corrected chi connectivity index (χ4v) is 1.73. The van der Waals surface area contributed by atoms with Gasteiger partial charge in [-0.25, -0.2) is 4.98 Å². The highest BCUT2D eigenvalue weighted by molar-refractivity contribution is 7.05. The molecular formula is C9H13N3OS. The van der Waals surface area contributed by atoms with E-state index in [1.165, 1.54) is 11.5 Å². The lowest BCUT2D eigenvalue weighted by Gasteiger charge is -2.12. The van der Waals surface area contributed by atoms with Gasteiger partial charge in [-0.3, -0.25) is 0 Å². The first-order chi connectivity index (χ1) is 6.49. The van der Waals surface area contributed by atoms with Crippen molar-refractivity contribution in [3.63, 3.8) is 0 Å². The minimum Gasteiger partial charge on any atom is -0.395 e. The Labute approximate surface area is 87.4 Å². The van der Waals surface area contributed by atoms with E-state index in [1.54, 1.807) is 0 Å². The third-order valence-corrected chi connectivity index (χ3v) is 2.58. The molecule has 4 nitrogen and oxygen atoms in total. The molecule has 0 spiro atoms. The minimum atomic E-state index is -0.538. The monoisotopic (exact) mass is 211 g/mol. The number of nitrogens with zero attached hydrogens (tertiary/aromatic N) is 3. The van der Waals surface area contributed by atoms with Crippen molar-refractivity contribution in [1.29, 1.82) is 5.26 Å². The van der Waals surface area contributed by atoms with Crippen LogP contribution in [-0.2, 0) is 5.41 Å². The summed E-state index contributed by atoms with van der Waals surface area (Å²) in [6.07, 6.45) is 0. The van der Waals surface area contributed by atoms with Crippen molar-refractivity contribution < 1.29 is 5.11 Å². The highest BCUT2D eigenvalue weighted by Gasteiger charge is 2.22. The fourth-order valence-electron chi connectivity index (χ4n) is 0.856. The Hall–Kier alpha value is -0.990. The first-order valence-electron chi connectivity index (χ1n) is 4.33. The third kappa shape index (κ3) is 2.28. The van der Waals surface area contributed by atoms with Crippen LogP contribution in [0.3, 0.4) is 0 Å². The van der Waals surface area contributed by atoms with Crippen molar-refractivity contribution in [1.82, 2.24) is 9.36 Å². The van der Waals surface area contributed by atoms with Crippen molar-refractivity contribution in [2.24, 2.45) is 0 Å². The Kier molecular flexibility index (Phi) is 3.19. The molecule has 0 fully saturated rings. The van der Waals surface area contributed by atoms with Gasteiger partial charge in [-0.1, -0.05) is 20.8 Å². The molecule has 0 saturated carbocycles. The van der Waals surface area contributed by atoms with E-state index in [0.717, 1.165) is 5.82 Å². The highest BCUT2D eigenvalue weighted by atomic mass is 32.1. The zero-order valence-electron chi connectivity index (χ0n) is 8.48. The van der Waals surface area contributed by atoms with Crippen LogP contribution in [0.1, 0.15) is 37.5 Å². The quantitative estimate of drug-likeness (QED) is 0.803. The molecule has 0 aliphatic rings. The molecule has 1 rings (SSSR count). The van der Waals surface area contributed by atoms with Gasteiger partial charge in [0.15, 0.2) is 0 Å². The second kappa shape index (κ2) is 4.03. The lowest BCUT2D eigenvalue weighted by atomic mass is 9.96. The van der Waals surface area contributed by atoms with Gasteiger partial charge in [0.25, 0.3) is 0 Å². The van der Waals surface area contributed by atoms with Crippen molar-refractivity contribution in [2.45, 2.75) is 32.1 Å². The first kappa shape index (κ1) is 11.1. The first-order valence-corrected chi connectivity index (χ1v) is 5.11. The van der Waals surface area contributed by atoms with Crippen LogP contribution >= 0.6 is 11.5 Å². The molecule has 0 bridgehead atoms. The summed E-state index contributed by atoms with van der Waals surface area (Å²) < 4.78 is 4.17. The highest BCUT2D eigenvalue weighted by Crippen LogP contribution is 2.24. The predicted octanol–water partition coefficient (Wildman–Crippen LogP) is 1.44. The smallest absolute Gasteiger partial charge is 0.147 e. The Morgan fingerprint density at radius 2 is 2.21 bits per heavy atom. The minimum absolute atomic E-state index is 0.107. The number of aliphatic hydroxyl groups is 1. The average Bonchev–Trinajstić information content (AvgIpc) is 2.54. The molecule has 1 aromatic rings. The van der Waals surface area contributed by atoms with Crippen molar-refractivity contribution in [3.8, 4) is 6.07 Å². The van der Waals surface area contributed by atoms with Gasteiger partial charge in [-0.2, -0.15) is 9.64 Å². The third-order valence-electron chi connectivity index (χ3n) is 1.75. The SMILES string of the molecule is CC(C)(C)c1nsc(C(C#N)CO)n1. The van der Waals surface area contributed by atoms with Crippen molar-refractivity contribution >= 4 is 11.5 Å². The summed E-state index contributed by atoms with van der Waals surface area (Å²) in [6, 6.07) is 1.99. The molecule has 76 valence electrons. The van der Waals surface area contributed by atoms with Crippen LogP contribution in [0.25, 0.3) is 0 Å². The molecule has 14 heavy (non-hydrogen) atoms. The number of hydrogen-bond donors (Lipinski definition) is 1. The van der Waals surface area contributed by atoms with Gasteiger partial charge in [0.2, 0.25) is 0 Å². The predicted molar refractivity (Wildman–Crippen MR) is 54.0 cm³/mol. The molecule has 1 heterocycles. The maximum absolute atomic E-state index is 8.91. The van der Waals surface area contributed by atoms with Gasteiger partial charge in [0, 0.05) is 5.41 Å². The van der Waals surface area contributed by atoms with E-state index in [9.17, 15) is 0 Å². The number of nitriles is 1. The summed E-state index contributed by atoms with van der Waals surface area (Å²) in [5, 5.41) is 18.2. The number of aromatic nitrogens is 2. The maximum atomic E-state index is 8.91. The second-order valence-electron chi connectivity index (χ2n) is 4.07. The van der Waals surface area contributed by atoms with Crippen LogP contribution in [0, 0.1) is 11.3 Å². The van der Waals surface area contributed by atoms with Crippen LogP contribution in [-0.4, -0.2) is 21.1 Å². The molecule has 0 aliphatic carbocycles. The summed E-state index contributed by atoms with van der Waals surface area (Å²) in [5.41, 5.74) is -0.107. The van der Waals surface area contributed by atoms with Gasteiger partial charge in [-0.15, -0.1) is 0 Å². The van der Waals surface area contributed by atoms with Crippen LogP contribution in [0.4, 0.5) is 0 Å². The van der Waals surface area contributed by atoms with E-state index in [0.29, 0.717) is 5.01 Å². The Balaban J connectivity index is 2.94. The number of hydrogen-bond acceptors (Lipinski definition) is 5. The normalized spacial score (nSPS) is 13.6. The van der Waals surface area contributed by atoms with E-state index in [-0.39, 0.29) is 12.0 Å². The summed E-state index contributed by atoms with van der Waals surface area (Å²) in [7, 11) is 0. The van der Waals surface area contributed by atoms with E-state index >= 15 is 0 Å². The summed E-state index contributed by atoms with van der Waals surface area (Å²) in [4.78, 5) is 4.25. The molecule has 0 aromatic carbocycles. The molecule has 0 amide bonds. The molecule has 1 N–H and O–H groups in total. The zero-order chi connectivity index (χ0) is 10.8. The van der Waals surface area contributed by atoms with Gasteiger partial charge < -0.3 is 5.11 Å². The summed E-state index contributed by atoms with van der Waals surface area (Å²) in [6.45, 7) is 5.84. The number of aliphatic hydroxyl groups excluding tert-OH is 1. The number of rotatable bonds is 2. The van der Waals surface area contributed by atoms with E-state index in [1.807, 2.05) is 26.8 Å². The zero-order valence-corrected chi connectivity index (χ0v) is 9.30. The van der Waals surface area contributed by atoms with E-state index in [2.05, 4.69) is 9.36 Å². The van der Waals surface area contributed by atoms with Gasteiger partial charge in [0.1, 0.15) is 16.7 Å². The van der Waals surface area contributed by atoms with Crippen molar-refractivity contribution in [3.05, 3.63) is 10.8 Å². The Bertz CT molecular complexity index is 348. The maximum Gasteiger partial charge on any atom is 0.147 e.